The van der Waals surface area contributed by atoms with Crippen LogP contribution >= 0.6 is 0 Å². The Hall–Kier alpha value is -1.75. The van der Waals surface area contributed by atoms with E-state index in [2.05, 4.69) is 38.1 Å². The van der Waals surface area contributed by atoms with Crippen LogP contribution in [0.5, 0.6) is 0 Å². The van der Waals surface area contributed by atoms with Crippen molar-refractivity contribution in [3.63, 3.8) is 0 Å². The number of benzene rings is 1. The molecule has 0 radical (unpaired) electrons. The van der Waals surface area contributed by atoms with Gasteiger partial charge in [0, 0.05) is 0 Å². The van der Waals surface area contributed by atoms with Crippen LogP contribution in [0.3, 0.4) is 0 Å². The predicted octanol–water partition coefficient (Wildman–Crippen LogP) is 5.94. The molecule has 23 heavy (non-hydrogen) atoms. The Balaban J connectivity index is 1.85. The van der Waals surface area contributed by atoms with Crippen molar-refractivity contribution in [2.75, 3.05) is 0 Å². The second-order valence-electron chi connectivity index (χ2n) is 6.59. The van der Waals surface area contributed by atoms with Gasteiger partial charge in [0.15, 0.2) is 0 Å². The smallest absolute Gasteiger partial charge is 0.100 e. The maximum absolute atomic E-state index is 8.90. The second-order valence-corrected chi connectivity index (χ2v) is 6.59. The molecule has 124 valence electrons. The van der Waals surface area contributed by atoms with Crippen LogP contribution in [0.25, 0.3) is 0 Å². The van der Waals surface area contributed by atoms with Gasteiger partial charge in [-0.25, -0.2) is 0 Å². The lowest BCUT2D eigenvalue weighted by atomic mass is 9.76. The first-order chi connectivity index (χ1) is 11.3. The Kier molecular flexibility index (Phi) is 7.20. The van der Waals surface area contributed by atoms with Gasteiger partial charge in [0.2, 0.25) is 0 Å². The van der Waals surface area contributed by atoms with Gasteiger partial charge < -0.3 is 4.74 Å². The van der Waals surface area contributed by atoms with E-state index in [4.69, 9.17) is 10.00 Å². The van der Waals surface area contributed by atoms with E-state index in [1.807, 2.05) is 18.4 Å². The molecule has 0 aliphatic heterocycles. The van der Waals surface area contributed by atoms with Crippen LogP contribution in [0.4, 0.5) is 0 Å². The molecule has 1 unspecified atom stereocenters. The number of rotatable bonds is 7. The van der Waals surface area contributed by atoms with Gasteiger partial charge in [-0.05, 0) is 74.1 Å². The fourth-order valence-corrected chi connectivity index (χ4v) is 3.59. The molecule has 1 atom stereocenters. The van der Waals surface area contributed by atoms with Crippen molar-refractivity contribution >= 4 is 0 Å². The molecule has 1 aromatic carbocycles. The summed E-state index contributed by atoms with van der Waals surface area (Å²) in [6.45, 7) is 4.41. The van der Waals surface area contributed by atoms with Crippen molar-refractivity contribution in [1.82, 2.24) is 0 Å². The highest BCUT2D eigenvalue weighted by Crippen LogP contribution is 2.38. The number of allylic oxidation sites excluding steroid dienone is 1. The number of nitrogens with zero attached hydrogens (tertiary/aromatic N) is 1. The highest BCUT2D eigenvalue weighted by atomic mass is 16.5. The maximum atomic E-state index is 8.90. The van der Waals surface area contributed by atoms with Crippen LogP contribution in [0.2, 0.25) is 0 Å². The van der Waals surface area contributed by atoms with Gasteiger partial charge in [0.05, 0.1) is 17.9 Å². The van der Waals surface area contributed by atoms with Crippen molar-refractivity contribution in [3.05, 3.63) is 47.7 Å². The van der Waals surface area contributed by atoms with Crippen LogP contribution in [0.1, 0.15) is 75.8 Å². The number of nitriles is 1. The largest absolute Gasteiger partial charge is 0.498 e. The van der Waals surface area contributed by atoms with Crippen LogP contribution in [0.15, 0.2) is 36.6 Å². The fourth-order valence-electron chi connectivity index (χ4n) is 3.59. The molecule has 2 nitrogen and oxygen atoms in total. The lowest BCUT2D eigenvalue weighted by molar-refractivity contribution is 0.0598. The van der Waals surface area contributed by atoms with E-state index in [9.17, 15) is 0 Å². The summed E-state index contributed by atoms with van der Waals surface area (Å²) in [5.41, 5.74) is 2.14. The number of hydrogen-bond donors (Lipinski definition) is 0. The molecule has 2 heteroatoms. The van der Waals surface area contributed by atoms with Crippen LogP contribution in [-0.4, -0.2) is 6.10 Å². The lowest BCUT2D eigenvalue weighted by Crippen LogP contribution is -2.26. The van der Waals surface area contributed by atoms with Gasteiger partial charge in [-0.2, -0.15) is 5.26 Å². The first-order valence-electron chi connectivity index (χ1n) is 9.09. The lowest BCUT2D eigenvalue weighted by Gasteiger charge is -2.33. The average Bonchev–Trinajstić information content (AvgIpc) is 2.62. The maximum Gasteiger partial charge on any atom is 0.100 e. The molecular formula is C21H29NO. The van der Waals surface area contributed by atoms with Gasteiger partial charge in [0.25, 0.3) is 0 Å². The summed E-state index contributed by atoms with van der Waals surface area (Å²) in [6.07, 6.45) is 12.7. The summed E-state index contributed by atoms with van der Waals surface area (Å²) >= 11 is 0. The van der Waals surface area contributed by atoms with E-state index >= 15 is 0 Å². The van der Waals surface area contributed by atoms with Gasteiger partial charge >= 0.3 is 0 Å². The third-order valence-corrected chi connectivity index (χ3v) is 5.02. The molecule has 0 bridgehead atoms. The molecule has 0 amide bonds. The highest BCUT2D eigenvalue weighted by molar-refractivity contribution is 5.33. The zero-order chi connectivity index (χ0) is 16.5. The van der Waals surface area contributed by atoms with Crippen molar-refractivity contribution in [2.45, 2.75) is 70.8 Å². The highest BCUT2D eigenvalue weighted by Gasteiger charge is 2.28. The van der Waals surface area contributed by atoms with Crippen molar-refractivity contribution < 1.29 is 4.74 Å². The molecular weight excluding hydrogens is 282 g/mol. The minimum absolute atomic E-state index is 0.366. The molecule has 0 saturated heterocycles. The van der Waals surface area contributed by atoms with E-state index in [0.29, 0.717) is 17.9 Å². The van der Waals surface area contributed by atoms with Gasteiger partial charge in [-0.3, -0.25) is 0 Å². The monoisotopic (exact) mass is 311 g/mol. The minimum atomic E-state index is 0.366. The Morgan fingerprint density at radius 1 is 1.17 bits per heavy atom. The zero-order valence-corrected chi connectivity index (χ0v) is 14.5. The van der Waals surface area contributed by atoms with E-state index < -0.39 is 0 Å². The number of ether oxygens (including phenoxy) is 1. The van der Waals surface area contributed by atoms with Gasteiger partial charge in [-0.1, -0.05) is 32.4 Å². The van der Waals surface area contributed by atoms with Gasteiger partial charge in [-0.15, -0.1) is 0 Å². The van der Waals surface area contributed by atoms with Crippen LogP contribution < -0.4 is 0 Å². The summed E-state index contributed by atoms with van der Waals surface area (Å²) in [6, 6.07) is 10.3. The van der Waals surface area contributed by atoms with Crippen LogP contribution in [0, 0.1) is 17.2 Å². The topological polar surface area (TPSA) is 33.0 Å². The molecule has 2 rings (SSSR count). The third-order valence-electron chi connectivity index (χ3n) is 5.02. The molecule has 0 spiro atoms. The van der Waals surface area contributed by atoms with Crippen molar-refractivity contribution in [3.8, 4) is 6.07 Å². The van der Waals surface area contributed by atoms with Gasteiger partial charge in [0.1, 0.15) is 6.10 Å². The number of unbranched alkanes of at least 4 members (excludes halogenated alkanes) is 1. The van der Waals surface area contributed by atoms with E-state index in [0.717, 1.165) is 18.4 Å². The van der Waals surface area contributed by atoms with Crippen molar-refractivity contribution in [2.24, 2.45) is 5.92 Å². The summed E-state index contributed by atoms with van der Waals surface area (Å²) in [7, 11) is 0. The van der Waals surface area contributed by atoms with E-state index in [1.165, 1.54) is 37.7 Å². The quantitative estimate of drug-likeness (QED) is 0.584. The molecule has 0 N–H and O–H groups in total. The van der Waals surface area contributed by atoms with Crippen LogP contribution in [-0.2, 0) is 4.74 Å². The molecule has 1 saturated carbocycles. The summed E-state index contributed by atoms with van der Waals surface area (Å²) in [5.74, 6) is 1.33. The van der Waals surface area contributed by atoms with E-state index in [-0.39, 0.29) is 0 Å². The first-order valence-corrected chi connectivity index (χ1v) is 9.09. The minimum Gasteiger partial charge on any atom is -0.498 e. The fraction of sp³-hybridized carbons (Fsp3) is 0.571. The average molecular weight is 311 g/mol. The SMILES string of the molecule is CCCC=COC(CC)C1CCC(c2ccc(C#N)cc2)CC1. The Labute approximate surface area is 141 Å². The van der Waals surface area contributed by atoms with E-state index in [1.54, 1.807) is 0 Å². The standard InChI is InChI=1S/C21H29NO/c1-3-5-6-15-23-21(4-2)20-13-11-19(12-14-20)18-9-7-17(16-22)8-10-18/h6-10,15,19-21H,3-5,11-14H2,1-2H3. The zero-order valence-electron chi connectivity index (χ0n) is 14.5. The molecule has 1 fully saturated rings. The Morgan fingerprint density at radius 3 is 2.43 bits per heavy atom. The Morgan fingerprint density at radius 2 is 1.87 bits per heavy atom. The Bertz CT molecular complexity index is 518. The normalized spacial score (nSPS) is 22.7. The first kappa shape index (κ1) is 17.6. The molecule has 0 aromatic heterocycles. The second kappa shape index (κ2) is 9.40. The predicted molar refractivity (Wildman–Crippen MR) is 95.1 cm³/mol. The third kappa shape index (κ3) is 5.13. The molecule has 1 aromatic rings. The molecule has 1 aliphatic carbocycles. The number of hydrogen-bond acceptors (Lipinski definition) is 2. The molecule has 1 aliphatic rings. The molecule has 0 heterocycles. The summed E-state index contributed by atoms with van der Waals surface area (Å²) in [4.78, 5) is 0. The summed E-state index contributed by atoms with van der Waals surface area (Å²) in [5, 5.41) is 8.90. The summed E-state index contributed by atoms with van der Waals surface area (Å²) < 4.78 is 5.99. The van der Waals surface area contributed by atoms with Crippen molar-refractivity contribution in [1.29, 1.82) is 5.26 Å².